The first kappa shape index (κ1) is 22.9. The number of thioether (sulfide) groups is 1. The number of aryl methyl sites for hydroxylation is 1. The molecule has 0 aliphatic heterocycles. The Morgan fingerprint density at radius 3 is 2.82 bits per heavy atom. The molecular formula is C24H23ClN4O3S. The smallest absolute Gasteiger partial charge is 0.237 e. The van der Waals surface area contributed by atoms with Crippen LogP contribution in [0.3, 0.4) is 0 Å². The number of methoxy groups -OCH3 is 1. The summed E-state index contributed by atoms with van der Waals surface area (Å²) >= 11 is 7.41. The van der Waals surface area contributed by atoms with E-state index in [1.807, 2.05) is 60.9 Å². The van der Waals surface area contributed by atoms with Crippen LogP contribution in [0.2, 0.25) is 5.02 Å². The van der Waals surface area contributed by atoms with Crippen molar-refractivity contribution in [1.29, 1.82) is 0 Å². The van der Waals surface area contributed by atoms with Gasteiger partial charge in [-0.15, -0.1) is 10.2 Å². The molecule has 0 bridgehead atoms. The van der Waals surface area contributed by atoms with Gasteiger partial charge in [0.25, 0.3) is 0 Å². The Kier molecular flexibility index (Phi) is 7.05. The summed E-state index contributed by atoms with van der Waals surface area (Å²) in [6, 6.07) is 16.7. The van der Waals surface area contributed by atoms with E-state index < -0.39 is 5.25 Å². The molecule has 4 aromatic rings. The number of nitrogens with one attached hydrogen (secondary N) is 1. The second-order valence-electron chi connectivity index (χ2n) is 7.41. The van der Waals surface area contributed by atoms with Gasteiger partial charge >= 0.3 is 0 Å². The van der Waals surface area contributed by atoms with Crippen LogP contribution in [0.15, 0.2) is 70.4 Å². The van der Waals surface area contributed by atoms with Gasteiger partial charge in [0.1, 0.15) is 11.5 Å². The number of rotatable bonds is 8. The van der Waals surface area contributed by atoms with Crippen LogP contribution < -0.4 is 10.1 Å². The highest BCUT2D eigenvalue weighted by Crippen LogP contribution is 2.30. The minimum absolute atomic E-state index is 0.152. The lowest BCUT2D eigenvalue weighted by Crippen LogP contribution is -2.23. The molecule has 0 spiro atoms. The molecule has 0 saturated carbocycles. The van der Waals surface area contributed by atoms with E-state index in [9.17, 15) is 4.79 Å². The molecule has 0 aliphatic carbocycles. The molecule has 2 aromatic heterocycles. The number of ether oxygens (including phenoxy) is 1. The summed E-state index contributed by atoms with van der Waals surface area (Å²) < 4.78 is 12.8. The number of amides is 1. The fraction of sp³-hybridized carbons (Fsp3) is 0.208. The zero-order valence-corrected chi connectivity index (χ0v) is 20.0. The summed E-state index contributed by atoms with van der Waals surface area (Å²) in [7, 11) is 1.62. The van der Waals surface area contributed by atoms with E-state index in [2.05, 4.69) is 15.5 Å². The molecule has 1 unspecified atom stereocenters. The average molecular weight is 483 g/mol. The van der Waals surface area contributed by atoms with Gasteiger partial charge in [0, 0.05) is 16.3 Å². The molecule has 0 radical (unpaired) electrons. The van der Waals surface area contributed by atoms with Crippen LogP contribution in [0, 0.1) is 6.92 Å². The monoisotopic (exact) mass is 482 g/mol. The highest BCUT2D eigenvalue weighted by atomic mass is 35.5. The van der Waals surface area contributed by atoms with Gasteiger partial charge < -0.3 is 14.5 Å². The van der Waals surface area contributed by atoms with Crippen molar-refractivity contribution >= 4 is 35.0 Å². The third kappa shape index (κ3) is 5.40. The van der Waals surface area contributed by atoms with Crippen LogP contribution >= 0.6 is 23.4 Å². The number of aromatic nitrogens is 3. The van der Waals surface area contributed by atoms with Crippen molar-refractivity contribution in [3.05, 3.63) is 77.2 Å². The molecule has 1 amide bonds. The van der Waals surface area contributed by atoms with Gasteiger partial charge in [0.2, 0.25) is 5.91 Å². The summed E-state index contributed by atoms with van der Waals surface area (Å²) in [6.07, 6.45) is 1.63. The fourth-order valence-corrected chi connectivity index (χ4v) is 4.25. The lowest BCUT2D eigenvalue weighted by atomic mass is 10.2. The molecule has 33 heavy (non-hydrogen) atoms. The summed E-state index contributed by atoms with van der Waals surface area (Å²) in [5, 5.41) is 12.5. The molecule has 0 fully saturated rings. The molecule has 4 rings (SSSR count). The molecule has 0 aliphatic rings. The van der Waals surface area contributed by atoms with E-state index in [0.717, 1.165) is 22.6 Å². The Labute approximate surface area is 201 Å². The predicted molar refractivity (Wildman–Crippen MR) is 130 cm³/mol. The summed E-state index contributed by atoms with van der Waals surface area (Å²) in [4.78, 5) is 12.9. The first-order chi connectivity index (χ1) is 15.9. The maximum atomic E-state index is 12.9. The normalized spacial score (nSPS) is 11.9. The molecule has 7 nitrogen and oxygen atoms in total. The number of nitrogens with zero attached hydrogens (tertiary/aromatic N) is 3. The summed E-state index contributed by atoms with van der Waals surface area (Å²) in [6.45, 7) is 4.18. The Bertz CT molecular complexity index is 1260. The molecular weight excluding hydrogens is 460 g/mol. The zero-order valence-electron chi connectivity index (χ0n) is 18.4. The Morgan fingerprint density at radius 1 is 1.21 bits per heavy atom. The number of halogens is 1. The first-order valence-corrected chi connectivity index (χ1v) is 11.5. The number of hydrogen-bond donors (Lipinski definition) is 1. The number of carbonyl (C=O) groups excluding carboxylic acids is 1. The van der Waals surface area contributed by atoms with E-state index in [-0.39, 0.29) is 5.91 Å². The zero-order chi connectivity index (χ0) is 23.4. The maximum Gasteiger partial charge on any atom is 0.237 e. The van der Waals surface area contributed by atoms with Crippen molar-refractivity contribution in [3.8, 4) is 17.1 Å². The van der Waals surface area contributed by atoms with Gasteiger partial charge in [-0.25, -0.2) is 0 Å². The van der Waals surface area contributed by atoms with Crippen LogP contribution in [0.1, 0.15) is 18.2 Å². The summed E-state index contributed by atoms with van der Waals surface area (Å²) in [5.74, 6) is 1.98. The molecule has 0 saturated heterocycles. The Balaban J connectivity index is 1.60. The summed E-state index contributed by atoms with van der Waals surface area (Å²) in [5.41, 5.74) is 2.48. The van der Waals surface area contributed by atoms with Crippen molar-refractivity contribution < 1.29 is 13.9 Å². The lowest BCUT2D eigenvalue weighted by Gasteiger charge is -2.14. The number of anilines is 1. The second kappa shape index (κ2) is 10.1. The van der Waals surface area contributed by atoms with Crippen LogP contribution in [-0.4, -0.2) is 33.0 Å². The van der Waals surface area contributed by atoms with Crippen LogP contribution in [0.5, 0.6) is 5.75 Å². The largest absolute Gasteiger partial charge is 0.497 e. The minimum Gasteiger partial charge on any atom is -0.497 e. The highest BCUT2D eigenvalue weighted by Gasteiger charge is 2.22. The second-order valence-corrected chi connectivity index (χ2v) is 9.16. The number of carbonyl (C=O) groups is 1. The number of furan rings is 1. The average Bonchev–Trinajstić information content (AvgIpc) is 3.47. The quantitative estimate of drug-likeness (QED) is 0.325. The van der Waals surface area contributed by atoms with Crippen molar-refractivity contribution in [3.63, 3.8) is 0 Å². The van der Waals surface area contributed by atoms with Crippen molar-refractivity contribution in [1.82, 2.24) is 14.8 Å². The highest BCUT2D eigenvalue weighted by molar-refractivity contribution is 8.00. The van der Waals surface area contributed by atoms with Crippen molar-refractivity contribution in [2.45, 2.75) is 30.8 Å². The lowest BCUT2D eigenvalue weighted by molar-refractivity contribution is -0.115. The standard InChI is InChI=1S/C24H23ClN4O3S/c1-15-9-10-18(25)13-21(15)26-23(30)16(2)33-24-28-27-22(17-6-4-7-19(12-17)31-3)29(24)14-20-8-5-11-32-20/h4-13,16H,14H2,1-3H3,(H,26,30). The fourth-order valence-electron chi connectivity index (χ4n) is 3.23. The van der Waals surface area contributed by atoms with Crippen molar-refractivity contribution in [2.24, 2.45) is 0 Å². The van der Waals surface area contributed by atoms with Gasteiger partial charge in [0.15, 0.2) is 11.0 Å². The minimum atomic E-state index is -0.430. The van der Waals surface area contributed by atoms with Crippen LogP contribution in [0.4, 0.5) is 5.69 Å². The molecule has 170 valence electrons. The molecule has 9 heteroatoms. The van der Waals surface area contributed by atoms with E-state index in [1.54, 1.807) is 25.5 Å². The Hall–Kier alpha value is -3.23. The van der Waals surface area contributed by atoms with Gasteiger partial charge in [-0.2, -0.15) is 0 Å². The van der Waals surface area contributed by atoms with Gasteiger partial charge in [-0.3, -0.25) is 9.36 Å². The van der Waals surface area contributed by atoms with Crippen molar-refractivity contribution in [2.75, 3.05) is 12.4 Å². The van der Waals surface area contributed by atoms with E-state index >= 15 is 0 Å². The first-order valence-electron chi connectivity index (χ1n) is 10.3. The predicted octanol–water partition coefficient (Wildman–Crippen LogP) is 5.68. The Morgan fingerprint density at radius 2 is 2.06 bits per heavy atom. The van der Waals surface area contributed by atoms with Gasteiger partial charge in [0.05, 0.1) is 25.2 Å². The third-order valence-electron chi connectivity index (χ3n) is 5.05. The van der Waals surface area contributed by atoms with E-state index in [0.29, 0.717) is 28.2 Å². The third-order valence-corrected chi connectivity index (χ3v) is 6.36. The van der Waals surface area contributed by atoms with Crippen LogP contribution in [-0.2, 0) is 11.3 Å². The maximum absolute atomic E-state index is 12.9. The molecule has 2 heterocycles. The number of hydrogen-bond acceptors (Lipinski definition) is 6. The number of benzene rings is 2. The molecule has 1 atom stereocenters. The van der Waals surface area contributed by atoms with Gasteiger partial charge in [-0.05, 0) is 55.8 Å². The topological polar surface area (TPSA) is 82.2 Å². The van der Waals surface area contributed by atoms with E-state index in [1.165, 1.54) is 11.8 Å². The SMILES string of the molecule is COc1cccc(-c2nnc(SC(C)C(=O)Nc3cc(Cl)ccc3C)n2Cc2ccco2)c1. The molecule has 2 aromatic carbocycles. The van der Waals surface area contributed by atoms with E-state index in [4.69, 9.17) is 20.8 Å². The molecule has 1 N–H and O–H groups in total. The van der Waals surface area contributed by atoms with Crippen LogP contribution in [0.25, 0.3) is 11.4 Å². The van der Waals surface area contributed by atoms with Gasteiger partial charge in [-0.1, -0.05) is 41.6 Å².